The van der Waals surface area contributed by atoms with Crippen LogP contribution in [0.1, 0.15) is 12.8 Å². The van der Waals surface area contributed by atoms with Crippen LogP contribution in [0.25, 0.3) is 0 Å². The van der Waals surface area contributed by atoms with E-state index in [9.17, 15) is 5.11 Å². The van der Waals surface area contributed by atoms with Gasteiger partial charge in [0, 0.05) is 29.4 Å². The summed E-state index contributed by atoms with van der Waals surface area (Å²) in [5, 5.41) is 13.0. The molecule has 1 atom stereocenters. The maximum absolute atomic E-state index is 9.81. The summed E-state index contributed by atoms with van der Waals surface area (Å²) in [6.45, 7) is 1.63. The predicted octanol–water partition coefficient (Wildman–Crippen LogP) is 2.66. The zero-order chi connectivity index (χ0) is 13.7. The second-order valence-electron chi connectivity index (χ2n) is 4.90. The van der Waals surface area contributed by atoms with Crippen molar-refractivity contribution < 1.29 is 14.6 Å². The first kappa shape index (κ1) is 14.6. The third kappa shape index (κ3) is 5.38. The topological polar surface area (TPSA) is 50.7 Å². The largest absolute Gasteiger partial charge is 0.497 e. The maximum atomic E-state index is 9.81. The van der Waals surface area contributed by atoms with E-state index in [-0.39, 0.29) is 0 Å². The van der Waals surface area contributed by atoms with Gasteiger partial charge in [0.05, 0.1) is 19.8 Å². The van der Waals surface area contributed by atoms with Crippen LogP contribution in [0.5, 0.6) is 5.75 Å². The van der Waals surface area contributed by atoms with E-state index in [0.717, 1.165) is 28.4 Å². The number of hydrogen-bond acceptors (Lipinski definition) is 4. The number of ether oxygens (including phenoxy) is 2. The smallest absolute Gasteiger partial charge is 0.122 e. The van der Waals surface area contributed by atoms with Gasteiger partial charge in [-0.2, -0.15) is 0 Å². The van der Waals surface area contributed by atoms with Crippen molar-refractivity contribution in [3.63, 3.8) is 0 Å². The Kier molecular flexibility index (Phi) is 5.48. The minimum Gasteiger partial charge on any atom is -0.497 e. The molecule has 0 bridgehead atoms. The van der Waals surface area contributed by atoms with Crippen molar-refractivity contribution in [1.29, 1.82) is 0 Å². The van der Waals surface area contributed by atoms with Gasteiger partial charge >= 0.3 is 0 Å². The zero-order valence-electron chi connectivity index (χ0n) is 11.1. The molecule has 1 aromatic carbocycles. The number of aliphatic hydroxyl groups excluding tert-OH is 1. The number of methoxy groups -OCH3 is 1. The summed E-state index contributed by atoms with van der Waals surface area (Å²) in [7, 11) is 1.63. The number of anilines is 1. The number of aliphatic hydroxyl groups is 1. The molecule has 0 heterocycles. The predicted molar refractivity (Wildman–Crippen MR) is 78.7 cm³/mol. The summed E-state index contributed by atoms with van der Waals surface area (Å²) in [4.78, 5) is 0. The van der Waals surface area contributed by atoms with Crippen LogP contribution in [-0.4, -0.2) is 38.1 Å². The Morgan fingerprint density at radius 1 is 1.42 bits per heavy atom. The van der Waals surface area contributed by atoms with Gasteiger partial charge in [0.25, 0.3) is 0 Å². The fourth-order valence-corrected chi connectivity index (χ4v) is 2.20. The summed E-state index contributed by atoms with van der Waals surface area (Å²) in [6, 6.07) is 5.73. The van der Waals surface area contributed by atoms with E-state index >= 15 is 0 Å². The number of nitrogens with one attached hydrogen (secondary N) is 1. The molecule has 4 nitrogen and oxygen atoms in total. The first-order chi connectivity index (χ1) is 9.17. The highest BCUT2D eigenvalue weighted by Crippen LogP contribution is 2.28. The second kappa shape index (κ2) is 7.12. The molecular weight excluding hydrogens is 310 g/mol. The third-order valence-corrected chi connectivity index (χ3v) is 3.47. The molecular formula is C14H20BrNO3. The molecule has 19 heavy (non-hydrogen) atoms. The molecule has 1 saturated carbocycles. The molecule has 1 unspecified atom stereocenters. The molecule has 0 amide bonds. The van der Waals surface area contributed by atoms with Crippen molar-refractivity contribution in [2.45, 2.75) is 18.9 Å². The van der Waals surface area contributed by atoms with Crippen molar-refractivity contribution in [2.75, 3.05) is 32.2 Å². The number of rotatable bonds is 8. The van der Waals surface area contributed by atoms with Crippen LogP contribution >= 0.6 is 15.9 Å². The average Bonchev–Trinajstić information content (AvgIpc) is 3.20. The second-order valence-corrected chi connectivity index (χ2v) is 5.81. The fraction of sp³-hybridized carbons (Fsp3) is 0.571. The van der Waals surface area contributed by atoms with Gasteiger partial charge in [-0.1, -0.05) is 15.9 Å². The molecule has 2 rings (SSSR count). The maximum Gasteiger partial charge on any atom is 0.122 e. The SMILES string of the molecule is COc1cc(Br)cc(NCC(O)COCC2CC2)c1. The lowest BCUT2D eigenvalue weighted by molar-refractivity contribution is 0.0386. The molecule has 1 fully saturated rings. The van der Waals surface area contributed by atoms with Crippen LogP contribution in [0, 0.1) is 5.92 Å². The van der Waals surface area contributed by atoms with Crippen LogP contribution in [0.15, 0.2) is 22.7 Å². The molecule has 2 N–H and O–H groups in total. The normalized spacial score (nSPS) is 16.2. The van der Waals surface area contributed by atoms with Gasteiger partial charge in [-0.3, -0.25) is 0 Å². The Bertz CT molecular complexity index is 410. The molecule has 0 saturated heterocycles. The summed E-state index contributed by atoms with van der Waals surface area (Å²) < 4.78 is 11.6. The molecule has 1 aliphatic carbocycles. The molecule has 1 aromatic rings. The average molecular weight is 330 g/mol. The number of benzene rings is 1. The highest BCUT2D eigenvalue weighted by molar-refractivity contribution is 9.10. The lowest BCUT2D eigenvalue weighted by Crippen LogP contribution is -2.25. The first-order valence-corrected chi connectivity index (χ1v) is 7.31. The van der Waals surface area contributed by atoms with Crippen LogP contribution in [0.4, 0.5) is 5.69 Å². The van der Waals surface area contributed by atoms with Crippen molar-refractivity contribution >= 4 is 21.6 Å². The lowest BCUT2D eigenvalue weighted by Gasteiger charge is -2.14. The number of hydrogen-bond donors (Lipinski definition) is 2. The zero-order valence-corrected chi connectivity index (χ0v) is 12.6. The van der Waals surface area contributed by atoms with Crippen molar-refractivity contribution in [3.05, 3.63) is 22.7 Å². The standard InChI is InChI=1S/C14H20BrNO3/c1-18-14-5-11(15)4-12(6-14)16-7-13(17)9-19-8-10-2-3-10/h4-6,10,13,16-17H,2-3,7-9H2,1H3. The van der Waals surface area contributed by atoms with Crippen molar-refractivity contribution in [1.82, 2.24) is 0 Å². The van der Waals surface area contributed by atoms with E-state index < -0.39 is 6.10 Å². The van der Waals surface area contributed by atoms with E-state index in [2.05, 4.69) is 21.2 Å². The Morgan fingerprint density at radius 2 is 2.21 bits per heavy atom. The Balaban J connectivity index is 1.72. The molecule has 0 aliphatic heterocycles. The molecule has 0 spiro atoms. The molecule has 5 heteroatoms. The summed E-state index contributed by atoms with van der Waals surface area (Å²) >= 11 is 3.42. The van der Waals surface area contributed by atoms with Gasteiger partial charge in [0.15, 0.2) is 0 Å². The van der Waals surface area contributed by atoms with Crippen LogP contribution in [0.2, 0.25) is 0 Å². The van der Waals surface area contributed by atoms with Gasteiger partial charge in [0.2, 0.25) is 0 Å². The summed E-state index contributed by atoms with van der Waals surface area (Å²) in [5.41, 5.74) is 0.910. The molecule has 0 radical (unpaired) electrons. The molecule has 106 valence electrons. The van der Waals surface area contributed by atoms with Crippen molar-refractivity contribution in [3.8, 4) is 5.75 Å². The van der Waals surface area contributed by atoms with E-state index in [0.29, 0.717) is 13.2 Å². The van der Waals surface area contributed by atoms with Crippen molar-refractivity contribution in [2.24, 2.45) is 5.92 Å². The number of halogens is 1. The molecule has 0 aromatic heterocycles. The lowest BCUT2D eigenvalue weighted by atomic mass is 10.3. The fourth-order valence-electron chi connectivity index (χ4n) is 1.73. The summed E-state index contributed by atoms with van der Waals surface area (Å²) in [6.07, 6.45) is 2.04. The van der Waals surface area contributed by atoms with E-state index in [1.807, 2.05) is 18.2 Å². The minimum absolute atomic E-state index is 0.384. The van der Waals surface area contributed by atoms with E-state index in [1.165, 1.54) is 12.8 Å². The van der Waals surface area contributed by atoms with Gasteiger partial charge in [0.1, 0.15) is 5.75 Å². The summed E-state index contributed by atoms with van der Waals surface area (Å²) in [5.74, 6) is 1.51. The van der Waals surface area contributed by atoms with Crippen LogP contribution in [-0.2, 0) is 4.74 Å². The van der Waals surface area contributed by atoms with E-state index in [4.69, 9.17) is 9.47 Å². The van der Waals surface area contributed by atoms with Gasteiger partial charge in [-0.15, -0.1) is 0 Å². The Hall–Kier alpha value is -0.780. The third-order valence-electron chi connectivity index (χ3n) is 3.01. The van der Waals surface area contributed by atoms with Crippen LogP contribution < -0.4 is 10.1 Å². The highest BCUT2D eigenvalue weighted by Gasteiger charge is 2.21. The van der Waals surface area contributed by atoms with Gasteiger partial charge < -0.3 is 19.9 Å². The Morgan fingerprint density at radius 3 is 2.89 bits per heavy atom. The highest BCUT2D eigenvalue weighted by atomic mass is 79.9. The quantitative estimate of drug-likeness (QED) is 0.769. The van der Waals surface area contributed by atoms with Crippen LogP contribution in [0.3, 0.4) is 0 Å². The van der Waals surface area contributed by atoms with Gasteiger partial charge in [-0.25, -0.2) is 0 Å². The molecule has 1 aliphatic rings. The van der Waals surface area contributed by atoms with E-state index in [1.54, 1.807) is 7.11 Å². The van der Waals surface area contributed by atoms with Gasteiger partial charge in [-0.05, 0) is 30.9 Å². The minimum atomic E-state index is -0.497. The first-order valence-electron chi connectivity index (χ1n) is 6.51. The Labute approximate surface area is 122 Å². The monoisotopic (exact) mass is 329 g/mol.